The van der Waals surface area contributed by atoms with Gasteiger partial charge in [0.05, 0.1) is 7.11 Å². The van der Waals surface area contributed by atoms with Crippen LogP contribution in [0.25, 0.3) is 22.5 Å². The minimum absolute atomic E-state index is 0. The molecule has 0 spiro atoms. The van der Waals surface area contributed by atoms with Gasteiger partial charge in [0.25, 0.3) is 0 Å². The quantitative estimate of drug-likeness (QED) is 0.319. The van der Waals surface area contributed by atoms with Crippen LogP contribution >= 0.6 is 0 Å². The molecule has 144 valence electrons. The molecule has 0 saturated carbocycles. The zero-order valence-corrected chi connectivity index (χ0v) is 17.2. The summed E-state index contributed by atoms with van der Waals surface area (Å²) in [4.78, 5) is 0. The molecule has 1 aliphatic carbocycles. The Hall–Kier alpha value is -3.13. The van der Waals surface area contributed by atoms with Gasteiger partial charge in [0.15, 0.2) is 0 Å². The average Bonchev–Trinajstić information content (AvgIpc) is 3.50. The van der Waals surface area contributed by atoms with Crippen LogP contribution in [0.5, 0.6) is 5.75 Å². The van der Waals surface area contributed by atoms with Crippen molar-refractivity contribution < 1.29 is 21.8 Å². The van der Waals surface area contributed by atoms with Crippen molar-refractivity contribution >= 4 is 11.8 Å². The fraction of sp³-hybridized carbons (Fsp3) is 0.0385. The number of benzene rings is 2. The summed E-state index contributed by atoms with van der Waals surface area (Å²) < 4.78 is 5.24. The van der Waals surface area contributed by atoms with Crippen LogP contribution in [0.3, 0.4) is 0 Å². The molecule has 2 nitrogen and oxygen atoms in total. The van der Waals surface area contributed by atoms with E-state index >= 15 is 0 Å². The molecule has 5 rings (SSSR count). The Kier molecular flexibility index (Phi) is 7.02. The number of hydrogen-bond acceptors (Lipinski definition) is 1. The molecule has 0 N–H and O–H groups in total. The van der Waals surface area contributed by atoms with E-state index < -0.39 is 0 Å². The summed E-state index contributed by atoms with van der Waals surface area (Å²) in [6.07, 6.45) is 12.5. The van der Waals surface area contributed by atoms with Gasteiger partial charge in [0.2, 0.25) is 0 Å². The second-order valence-corrected chi connectivity index (χ2v) is 6.44. The van der Waals surface area contributed by atoms with E-state index in [1.54, 1.807) is 7.11 Å². The minimum Gasteiger partial charge on any atom is -0.656 e. The molecule has 0 aromatic heterocycles. The number of methoxy groups -OCH3 is 1. The summed E-state index contributed by atoms with van der Waals surface area (Å²) in [5.74, 6) is 0.861. The van der Waals surface area contributed by atoms with Crippen LogP contribution in [0.1, 0.15) is 5.56 Å². The molecule has 2 aliphatic rings. The van der Waals surface area contributed by atoms with Gasteiger partial charge in [-0.15, -0.1) is 11.4 Å². The van der Waals surface area contributed by atoms with Crippen LogP contribution in [0.4, 0.5) is 5.69 Å². The number of fused-ring (bicyclic) bond motifs is 1. The standard InChI is InChI=1S/C21H16NO.C5H5.Fe/c1-23-18-12-9-15(10-13-18)19-8-4-7-17-11-14-20(22-21(17)19)16-5-2-3-6-16;1-2-4-5-3-1;/h2-14H,1H3;1-5H;/q2*-1;+2. The van der Waals surface area contributed by atoms with Gasteiger partial charge in [0.1, 0.15) is 5.75 Å². The smallest absolute Gasteiger partial charge is 0.656 e. The monoisotopic (exact) mass is 419 g/mol. The molecule has 0 fully saturated rings. The molecule has 3 aromatic carbocycles. The van der Waals surface area contributed by atoms with Crippen LogP contribution in [0.2, 0.25) is 0 Å². The molecule has 1 heterocycles. The van der Waals surface area contributed by atoms with Crippen molar-refractivity contribution in [3.05, 3.63) is 125 Å². The van der Waals surface area contributed by atoms with Gasteiger partial charge in [-0.05, 0) is 34.4 Å². The fourth-order valence-electron chi connectivity index (χ4n) is 3.18. The maximum Gasteiger partial charge on any atom is 2.00 e. The molecule has 0 saturated heterocycles. The molecular weight excluding hydrogens is 398 g/mol. The molecule has 0 unspecified atom stereocenters. The number of allylic oxidation sites excluding steroid dienone is 6. The van der Waals surface area contributed by atoms with Crippen molar-refractivity contribution in [2.24, 2.45) is 0 Å². The Morgan fingerprint density at radius 2 is 1.52 bits per heavy atom. The van der Waals surface area contributed by atoms with Crippen LogP contribution in [0, 0.1) is 0 Å². The van der Waals surface area contributed by atoms with Crippen LogP contribution in [0.15, 0.2) is 114 Å². The predicted octanol–water partition coefficient (Wildman–Crippen LogP) is 7.18. The van der Waals surface area contributed by atoms with E-state index in [0.717, 1.165) is 39.4 Å². The van der Waals surface area contributed by atoms with Gasteiger partial charge in [-0.3, -0.25) is 0 Å². The topological polar surface area (TPSA) is 23.3 Å². The van der Waals surface area contributed by atoms with E-state index in [9.17, 15) is 0 Å². The maximum atomic E-state index is 5.24. The van der Waals surface area contributed by atoms with Crippen molar-refractivity contribution in [2.45, 2.75) is 0 Å². The Morgan fingerprint density at radius 1 is 0.793 bits per heavy atom. The molecule has 0 bridgehead atoms. The van der Waals surface area contributed by atoms with Crippen molar-refractivity contribution in [1.29, 1.82) is 0 Å². The zero-order chi connectivity index (χ0) is 19.2. The molecule has 1 aliphatic heterocycles. The van der Waals surface area contributed by atoms with Gasteiger partial charge in [-0.25, -0.2) is 12.1 Å². The zero-order valence-electron chi connectivity index (χ0n) is 16.1. The van der Waals surface area contributed by atoms with E-state index in [-0.39, 0.29) is 17.1 Å². The van der Waals surface area contributed by atoms with Gasteiger partial charge < -0.3 is 10.1 Å². The number of hydrogen-bond donors (Lipinski definition) is 0. The van der Waals surface area contributed by atoms with Gasteiger partial charge >= 0.3 is 17.1 Å². The largest absolute Gasteiger partial charge is 2.00 e. The molecule has 0 radical (unpaired) electrons. The van der Waals surface area contributed by atoms with E-state index in [1.807, 2.05) is 54.6 Å². The van der Waals surface area contributed by atoms with Crippen LogP contribution < -0.4 is 4.74 Å². The van der Waals surface area contributed by atoms with Crippen LogP contribution in [-0.4, -0.2) is 7.11 Å². The predicted molar refractivity (Wildman–Crippen MR) is 118 cm³/mol. The second-order valence-electron chi connectivity index (χ2n) is 6.44. The summed E-state index contributed by atoms with van der Waals surface area (Å²) in [6.45, 7) is 0. The molecule has 29 heavy (non-hydrogen) atoms. The summed E-state index contributed by atoms with van der Waals surface area (Å²) in [5.41, 5.74) is 6.60. The summed E-state index contributed by atoms with van der Waals surface area (Å²) in [7, 11) is 1.68. The molecular formula is C26H21FeNO. The van der Waals surface area contributed by atoms with E-state index in [1.165, 1.54) is 0 Å². The van der Waals surface area contributed by atoms with Gasteiger partial charge in [-0.2, -0.15) is 18.2 Å². The Labute approximate surface area is 182 Å². The first-order valence-electron chi connectivity index (χ1n) is 9.28. The Balaban J connectivity index is 0.000000352. The van der Waals surface area contributed by atoms with Crippen LogP contribution in [-0.2, 0) is 17.1 Å². The van der Waals surface area contributed by atoms with Gasteiger partial charge in [-0.1, -0.05) is 66.8 Å². The van der Waals surface area contributed by atoms with E-state index in [0.29, 0.717) is 0 Å². The number of ether oxygens (including phenoxy) is 1. The maximum absolute atomic E-state index is 5.24. The molecule has 0 amide bonds. The Morgan fingerprint density at radius 3 is 2.14 bits per heavy atom. The number of para-hydroxylation sites is 1. The molecule has 0 atom stereocenters. The number of rotatable bonds is 2. The van der Waals surface area contributed by atoms with Crippen molar-refractivity contribution in [3.8, 4) is 16.9 Å². The first-order valence-corrected chi connectivity index (χ1v) is 9.28. The molecule has 3 aromatic rings. The fourth-order valence-corrected chi connectivity index (χ4v) is 3.18. The first-order chi connectivity index (χ1) is 13.8. The first kappa shape index (κ1) is 20.6. The van der Waals surface area contributed by atoms with Crippen molar-refractivity contribution in [1.82, 2.24) is 0 Å². The minimum atomic E-state index is 0. The van der Waals surface area contributed by atoms with Gasteiger partial charge in [0, 0.05) is 0 Å². The summed E-state index contributed by atoms with van der Waals surface area (Å²) in [6, 6.07) is 24.4. The Bertz CT molecular complexity index is 1020. The van der Waals surface area contributed by atoms with Crippen molar-refractivity contribution in [3.63, 3.8) is 0 Å². The third kappa shape index (κ3) is 4.83. The van der Waals surface area contributed by atoms with Crippen molar-refractivity contribution in [2.75, 3.05) is 7.11 Å². The number of nitrogens with zero attached hydrogens (tertiary/aromatic N) is 1. The average molecular weight is 419 g/mol. The SMILES string of the molecule is COc1ccc(-c2cccc3c2[N-]C(=C2C=CC=C2)C=C3)cc1.[Fe+2].c1cc[cH-]c1. The van der Waals surface area contributed by atoms with E-state index in [4.69, 9.17) is 10.1 Å². The summed E-state index contributed by atoms with van der Waals surface area (Å²) >= 11 is 0. The van der Waals surface area contributed by atoms with E-state index in [2.05, 4.69) is 54.6 Å². The second kappa shape index (κ2) is 9.88. The normalized spacial score (nSPS) is 13.1. The summed E-state index contributed by atoms with van der Waals surface area (Å²) in [5, 5.41) is 4.91. The third-order valence-corrected chi connectivity index (χ3v) is 4.64. The third-order valence-electron chi connectivity index (χ3n) is 4.64. The molecule has 3 heteroatoms.